The lowest BCUT2D eigenvalue weighted by molar-refractivity contribution is 1.62. The van der Waals surface area contributed by atoms with Crippen molar-refractivity contribution in [2.45, 2.75) is 0 Å². The summed E-state index contributed by atoms with van der Waals surface area (Å²) in [5.41, 5.74) is 13.3. The molecule has 0 atom stereocenters. The summed E-state index contributed by atoms with van der Waals surface area (Å²) in [4.78, 5) is 0. The molecule has 0 amide bonds. The Labute approximate surface area is 98.5 Å². The molecule has 0 saturated heterocycles. The number of nitrogens with two attached hydrogens (primary N) is 2. The summed E-state index contributed by atoms with van der Waals surface area (Å²) >= 11 is 6.80. The predicted octanol–water partition coefficient (Wildman–Crippen LogP) is 3.53. The zero-order valence-corrected chi connectivity index (χ0v) is 10.4. The van der Waals surface area contributed by atoms with Crippen molar-refractivity contribution in [1.29, 1.82) is 0 Å². The van der Waals surface area contributed by atoms with Crippen molar-refractivity contribution in [2.24, 2.45) is 0 Å². The zero-order valence-electron chi connectivity index (χ0n) is 7.22. The van der Waals surface area contributed by atoms with Gasteiger partial charge in [-0.2, -0.15) is 0 Å². The third-order valence-corrected chi connectivity index (χ3v) is 4.35. The number of hydrogen-bond acceptors (Lipinski definition) is 2. The highest BCUT2D eigenvalue weighted by atomic mass is 79.9. The number of fused-ring (bicyclic) bond motifs is 1. The molecule has 0 aliphatic heterocycles. The zero-order chi connectivity index (χ0) is 10.3. The van der Waals surface area contributed by atoms with Gasteiger partial charge >= 0.3 is 0 Å². The smallest absolute Gasteiger partial charge is 0.0574 e. The Hall–Kier alpha value is -0.740. The fourth-order valence-electron chi connectivity index (χ4n) is 1.43. The average Bonchev–Trinajstić information content (AvgIpc) is 2.23. The van der Waals surface area contributed by atoms with E-state index in [0.29, 0.717) is 11.4 Å². The van der Waals surface area contributed by atoms with Gasteiger partial charge in [-0.3, -0.25) is 0 Å². The quantitative estimate of drug-likeness (QED) is 0.731. The molecule has 0 fully saturated rings. The molecular formula is C10H8Br2N2. The van der Waals surface area contributed by atoms with Crippen LogP contribution in [-0.4, -0.2) is 0 Å². The van der Waals surface area contributed by atoms with E-state index in [0.717, 1.165) is 19.7 Å². The fraction of sp³-hybridized carbons (Fsp3) is 0. The van der Waals surface area contributed by atoms with Crippen LogP contribution in [0, 0.1) is 0 Å². The van der Waals surface area contributed by atoms with Gasteiger partial charge < -0.3 is 11.5 Å². The van der Waals surface area contributed by atoms with E-state index in [-0.39, 0.29) is 0 Å². The number of hydrogen-bond donors (Lipinski definition) is 2. The number of halogens is 2. The van der Waals surface area contributed by atoms with Crippen LogP contribution in [0.3, 0.4) is 0 Å². The number of benzene rings is 2. The first-order chi connectivity index (χ1) is 6.63. The monoisotopic (exact) mass is 314 g/mol. The van der Waals surface area contributed by atoms with E-state index in [9.17, 15) is 0 Å². The summed E-state index contributed by atoms with van der Waals surface area (Å²) in [7, 11) is 0. The van der Waals surface area contributed by atoms with E-state index in [4.69, 9.17) is 11.5 Å². The lowest BCUT2D eigenvalue weighted by atomic mass is 10.1. The molecule has 0 aliphatic carbocycles. The normalized spacial score (nSPS) is 10.7. The van der Waals surface area contributed by atoms with Crippen molar-refractivity contribution in [3.05, 3.63) is 33.2 Å². The average molecular weight is 316 g/mol. The SMILES string of the molecule is Nc1c(Br)c(Br)c(N)c2ccccc12. The molecule has 4 N–H and O–H groups in total. The van der Waals surface area contributed by atoms with Gasteiger partial charge in [0, 0.05) is 10.8 Å². The topological polar surface area (TPSA) is 52.0 Å². The number of rotatable bonds is 0. The third kappa shape index (κ3) is 1.29. The Kier molecular flexibility index (Phi) is 2.41. The van der Waals surface area contributed by atoms with Crippen LogP contribution in [0.15, 0.2) is 33.2 Å². The van der Waals surface area contributed by atoms with Crippen LogP contribution in [-0.2, 0) is 0 Å². The van der Waals surface area contributed by atoms with E-state index in [1.807, 2.05) is 24.3 Å². The molecule has 0 saturated carbocycles. The standard InChI is InChI=1S/C10H8Br2N2/c11-7-8(12)10(14)6-4-2-1-3-5(6)9(7)13/h1-4H,13-14H2. The first kappa shape index (κ1) is 9.80. The molecule has 2 nitrogen and oxygen atoms in total. The maximum absolute atomic E-state index is 5.96. The van der Waals surface area contributed by atoms with Crippen LogP contribution in [0.4, 0.5) is 11.4 Å². The maximum Gasteiger partial charge on any atom is 0.0574 e. The Morgan fingerprint density at radius 1 is 0.786 bits per heavy atom. The summed E-state index contributed by atoms with van der Waals surface area (Å²) in [5, 5.41) is 1.94. The molecular weight excluding hydrogens is 308 g/mol. The molecule has 14 heavy (non-hydrogen) atoms. The molecule has 0 aliphatic rings. The van der Waals surface area contributed by atoms with Crippen LogP contribution < -0.4 is 11.5 Å². The number of nitrogen functional groups attached to an aromatic ring is 2. The van der Waals surface area contributed by atoms with Crippen molar-refractivity contribution in [3.8, 4) is 0 Å². The minimum absolute atomic E-state index is 0.710. The van der Waals surface area contributed by atoms with Gasteiger partial charge in [-0.25, -0.2) is 0 Å². The van der Waals surface area contributed by atoms with Crippen LogP contribution in [0.5, 0.6) is 0 Å². The second-order valence-corrected chi connectivity index (χ2v) is 4.59. The van der Waals surface area contributed by atoms with Crippen molar-refractivity contribution in [2.75, 3.05) is 11.5 Å². The van der Waals surface area contributed by atoms with Crippen molar-refractivity contribution >= 4 is 54.0 Å². The van der Waals surface area contributed by atoms with Gasteiger partial charge in [0.15, 0.2) is 0 Å². The van der Waals surface area contributed by atoms with Crippen LogP contribution in [0.25, 0.3) is 10.8 Å². The van der Waals surface area contributed by atoms with Crippen molar-refractivity contribution < 1.29 is 0 Å². The van der Waals surface area contributed by atoms with Gasteiger partial charge in [-0.05, 0) is 31.9 Å². The molecule has 0 bridgehead atoms. The maximum atomic E-state index is 5.96. The first-order valence-electron chi connectivity index (χ1n) is 4.03. The Morgan fingerprint density at radius 3 is 1.50 bits per heavy atom. The molecule has 0 unspecified atom stereocenters. The highest BCUT2D eigenvalue weighted by Gasteiger charge is 2.11. The van der Waals surface area contributed by atoms with Crippen molar-refractivity contribution in [1.82, 2.24) is 0 Å². The molecule has 2 aromatic rings. The Bertz CT molecular complexity index is 462. The minimum Gasteiger partial charge on any atom is -0.397 e. The molecule has 0 heterocycles. The van der Waals surface area contributed by atoms with Gasteiger partial charge in [0.1, 0.15) is 0 Å². The molecule has 0 aromatic heterocycles. The highest BCUT2D eigenvalue weighted by molar-refractivity contribution is 9.13. The van der Waals surface area contributed by atoms with E-state index >= 15 is 0 Å². The molecule has 4 heteroatoms. The third-order valence-electron chi connectivity index (χ3n) is 2.17. The van der Waals surface area contributed by atoms with Crippen LogP contribution in [0.1, 0.15) is 0 Å². The summed E-state index contributed by atoms with van der Waals surface area (Å²) in [6.07, 6.45) is 0. The van der Waals surface area contributed by atoms with E-state index in [1.54, 1.807) is 0 Å². The Balaban J connectivity index is 3.02. The fourth-order valence-corrected chi connectivity index (χ4v) is 2.28. The van der Waals surface area contributed by atoms with E-state index in [2.05, 4.69) is 31.9 Å². The number of anilines is 2. The Morgan fingerprint density at radius 2 is 1.14 bits per heavy atom. The lowest BCUT2D eigenvalue weighted by Gasteiger charge is -2.10. The molecule has 72 valence electrons. The summed E-state index contributed by atoms with van der Waals surface area (Å²) in [6, 6.07) is 7.80. The van der Waals surface area contributed by atoms with Crippen LogP contribution >= 0.6 is 31.9 Å². The summed E-state index contributed by atoms with van der Waals surface area (Å²) in [6.45, 7) is 0. The van der Waals surface area contributed by atoms with E-state index in [1.165, 1.54) is 0 Å². The van der Waals surface area contributed by atoms with Gasteiger partial charge in [0.25, 0.3) is 0 Å². The first-order valence-corrected chi connectivity index (χ1v) is 5.62. The molecule has 2 rings (SSSR count). The second kappa shape index (κ2) is 3.44. The second-order valence-electron chi connectivity index (χ2n) is 3.00. The lowest BCUT2D eigenvalue weighted by Crippen LogP contribution is -1.95. The van der Waals surface area contributed by atoms with Gasteiger partial charge in [-0.15, -0.1) is 0 Å². The van der Waals surface area contributed by atoms with Gasteiger partial charge in [-0.1, -0.05) is 24.3 Å². The van der Waals surface area contributed by atoms with Crippen LogP contribution in [0.2, 0.25) is 0 Å². The molecule has 2 aromatic carbocycles. The molecule has 0 spiro atoms. The van der Waals surface area contributed by atoms with Gasteiger partial charge in [0.2, 0.25) is 0 Å². The van der Waals surface area contributed by atoms with Gasteiger partial charge in [0.05, 0.1) is 20.3 Å². The predicted molar refractivity (Wildman–Crippen MR) is 68.2 cm³/mol. The van der Waals surface area contributed by atoms with Crippen molar-refractivity contribution in [3.63, 3.8) is 0 Å². The summed E-state index contributed by atoms with van der Waals surface area (Å²) in [5.74, 6) is 0. The minimum atomic E-state index is 0.710. The molecule has 0 radical (unpaired) electrons. The highest BCUT2D eigenvalue weighted by Crippen LogP contribution is 2.40. The van der Waals surface area contributed by atoms with E-state index < -0.39 is 0 Å². The summed E-state index contributed by atoms with van der Waals surface area (Å²) < 4.78 is 1.63. The largest absolute Gasteiger partial charge is 0.397 e.